The molecule has 0 aliphatic rings. The van der Waals surface area contributed by atoms with Gasteiger partial charge in [0.25, 0.3) is 10.1 Å². The Morgan fingerprint density at radius 1 is 1.28 bits per heavy atom. The normalized spacial score (nSPS) is 14.5. The summed E-state index contributed by atoms with van der Waals surface area (Å²) in [4.78, 5) is 0. The fourth-order valence-electron chi connectivity index (χ4n) is 1.27. The molecule has 1 aromatic rings. The van der Waals surface area contributed by atoms with E-state index in [1.54, 1.807) is 0 Å². The molecule has 0 aliphatic carbocycles. The van der Waals surface area contributed by atoms with Gasteiger partial charge in [0.05, 0.1) is 11.8 Å². The third-order valence-corrected chi connectivity index (χ3v) is 3.21. The van der Waals surface area contributed by atoms with E-state index in [4.69, 9.17) is 4.18 Å². The van der Waals surface area contributed by atoms with E-state index in [9.17, 15) is 21.6 Å². The van der Waals surface area contributed by atoms with Gasteiger partial charge in [-0.05, 0) is 17.7 Å². The fourth-order valence-corrected chi connectivity index (χ4v) is 2.55. The number of alkyl halides is 4. The lowest BCUT2D eigenvalue weighted by Crippen LogP contribution is -2.12. The SMILES string of the molecule is CS(=O)(=O)OC(CBr)c1ccc(C(F)(F)F)cc1. The Bertz CT molecular complexity index is 496. The topological polar surface area (TPSA) is 43.4 Å². The third kappa shape index (κ3) is 4.58. The second kappa shape index (κ2) is 5.58. The number of halogens is 4. The van der Waals surface area contributed by atoms with Crippen LogP contribution in [0.1, 0.15) is 17.2 Å². The maximum atomic E-state index is 12.3. The molecule has 0 N–H and O–H groups in total. The predicted octanol–water partition coefficient (Wildman–Crippen LogP) is 3.12. The van der Waals surface area contributed by atoms with Crippen molar-refractivity contribution in [1.29, 1.82) is 0 Å². The number of rotatable bonds is 4. The quantitative estimate of drug-likeness (QED) is 0.621. The zero-order valence-corrected chi connectivity index (χ0v) is 11.6. The van der Waals surface area contributed by atoms with E-state index in [1.807, 2.05) is 0 Å². The summed E-state index contributed by atoms with van der Waals surface area (Å²) in [6.45, 7) is 0. The van der Waals surface area contributed by atoms with Crippen LogP contribution >= 0.6 is 15.9 Å². The van der Waals surface area contributed by atoms with Crippen LogP contribution < -0.4 is 0 Å². The van der Waals surface area contributed by atoms with E-state index in [0.717, 1.165) is 18.4 Å². The van der Waals surface area contributed by atoms with E-state index in [0.29, 0.717) is 5.56 Å². The molecule has 0 radical (unpaired) electrons. The lowest BCUT2D eigenvalue weighted by atomic mass is 10.1. The average molecular weight is 347 g/mol. The summed E-state index contributed by atoms with van der Waals surface area (Å²) in [5.41, 5.74) is -0.441. The van der Waals surface area contributed by atoms with Gasteiger partial charge in [0.1, 0.15) is 6.10 Å². The van der Waals surface area contributed by atoms with Crippen molar-refractivity contribution in [2.24, 2.45) is 0 Å². The molecule has 1 unspecified atom stereocenters. The van der Waals surface area contributed by atoms with Crippen molar-refractivity contribution in [3.8, 4) is 0 Å². The van der Waals surface area contributed by atoms with E-state index in [1.165, 1.54) is 12.1 Å². The van der Waals surface area contributed by atoms with Crippen LogP contribution in [0.25, 0.3) is 0 Å². The van der Waals surface area contributed by atoms with Crippen LogP contribution in [0.3, 0.4) is 0 Å². The summed E-state index contributed by atoms with van der Waals surface area (Å²) in [5, 5.41) is 0.158. The molecule has 0 amide bonds. The van der Waals surface area contributed by atoms with Crippen molar-refractivity contribution in [2.45, 2.75) is 12.3 Å². The molecule has 0 bridgehead atoms. The predicted molar refractivity (Wildman–Crippen MR) is 63.9 cm³/mol. The standard InChI is InChI=1S/C10H10BrF3O3S/c1-18(15,16)17-9(6-11)7-2-4-8(5-3-7)10(12,13)14/h2-5,9H,6H2,1H3. The highest BCUT2D eigenvalue weighted by atomic mass is 79.9. The van der Waals surface area contributed by atoms with E-state index in [2.05, 4.69) is 15.9 Å². The monoisotopic (exact) mass is 346 g/mol. The molecule has 18 heavy (non-hydrogen) atoms. The highest BCUT2D eigenvalue weighted by Gasteiger charge is 2.30. The first-order valence-corrected chi connectivity index (χ1v) is 7.68. The van der Waals surface area contributed by atoms with Crippen LogP contribution in [0.5, 0.6) is 0 Å². The van der Waals surface area contributed by atoms with Gasteiger partial charge in [-0.1, -0.05) is 28.1 Å². The van der Waals surface area contributed by atoms with Crippen LogP contribution in [-0.2, 0) is 20.5 Å². The Morgan fingerprint density at radius 2 is 1.78 bits per heavy atom. The largest absolute Gasteiger partial charge is 0.416 e. The van der Waals surface area contributed by atoms with Gasteiger partial charge in [0.15, 0.2) is 0 Å². The fraction of sp³-hybridized carbons (Fsp3) is 0.400. The van der Waals surface area contributed by atoms with Crippen LogP contribution in [0.4, 0.5) is 13.2 Å². The smallest absolute Gasteiger partial charge is 0.261 e. The summed E-state index contributed by atoms with van der Waals surface area (Å²) in [6, 6.07) is 4.16. The van der Waals surface area contributed by atoms with Gasteiger partial charge in [-0.25, -0.2) is 0 Å². The minimum absolute atomic E-state index is 0.158. The van der Waals surface area contributed by atoms with Gasteiger partial charge in [-0.15, -0.1) is 0 Å². The Labute approximate surface area is 111 Å². The second-order valence-corrected chi connectivity index (χ2v) is 5.81. The first-order chi connectivity index (χ1) is 8.13. The lowest BCUT2D eigenvalue weighted by molar-refractivity contribution is -0.137. The maximum absolute atomic E-state index is 12.3. The maximum Gasteiger partial charge on any atom is 0.416 e. The highest BCUT2D eigenvalue weighted by Crippen LogP contribution is 2.31. The molecule has 8 heteroatoms. The van der Waals surface area contributed by atoms with Crippen LogP contribution in [0.2, 0.25) is 0 Å². The van der Waals surface area contributed by atoms with Crippen molar-refractivity contribution in [2.75, 3.05) is 11.6 Å². The average Bonchev–Trinajstić information content (AvgIpc) is 2.24. The molecule has 0 spiro atoms. The minimum Gasteiger partial charge on any atom is -0.261 e. The molecule has 3 nitrogen and oxygen atoms in total. The first-order valence-electron chi connectivity index (χ1n) is 4.75. The van der Waals surface area contributed by atoms with Gasteiger partial charge in [0.2, 0.25) is 0 Å². The molecule has 1 rings (SSSR count). The Kier molecular flexibility index (Phi) is 4.79. The lowest BCUT2D eigenvalue weighted by Gasteiger charge is -2.15. The summed E-state index contributed by atoms with van der Waals surface area (Å²) >= 11 is 3.05. The molecule has 0 saturated carbocycles. The van der Waals surface area contributed by atoms with Crippen molar-refractivity contribution in [3.63, 3.8) is 0 Å². The van der Waals surface area contributed by atoms with Crippen LogP contribution in [-0.4, -0.2) is 20.0 Å². The third-order valence-electron chi connectivity index (χ3n) is 2.04. The summed E-state index contributed by atoms with van der Waals surface area (Å²) in [6.07, 6.45) is -4.38. The van der Waals surface area contributed by atoms with Gasteiger partial charge in [-0.2, -0.15) is 21.6 Å². The molecule has 1 atom stereocenters. The molecule has 0 fully saturated rings. The zero-order valence-electron chi connectivity index (χ0n) is 9.24. The van der Waals surface area contributed by atoms with Crippen molar-refractivity contribution >= 4 is 26.0 Å². The number of hydrogen-bond donors (Lipinski definition) is 0. The summed E-state index contributed by atoms with van der Waals surface area (Å²) in [7, 11) is -3.67. The van der Waals surface area contributed by atoms with Gasteiger partial charge >= 0.3 is 6.18 Å². The van der Waals surface area contributed by atoms with E-state index >= 15 is 0 Å². The number of benzene rings is 1. The molecule has 0 aliphatic heterocycles. The van der Waals surface area contributed by atoms with Crippen molar-refractivity contribution in [3.05, 3.63) is 35.4 Å². The first kappa shape index (κ1) is 15.5. The highest BCUT2D eigenvalue weighted by molar-refractivity contribution is 9.09. The Morgan fingerprint density at radius 3 is 2.11 bits per heavy atom. The summed E-state index contributed by atoms with van der Waals surface area (Å²) < 4.78 is 63.7. The molecule has 102 valence electrons. The van der Waals surface area contributed by atoms with Crippen LogP contribution in [0, 0.1) is 0 Å². The van der Waals surface area contributed by atoms with E-state index in [-0.39, 0.29) is 5.33 Å². The van der Waals surface area contributed by atoms with Gasteiger partial charge in [0, 0.05) is 5.33 Å². The second-order valence-electron chi connectivity index (χ2n) is 3.56. The van der Waals surface area contributed by atoms with Crippen molar-refractivity contribution in [1.82, 2.24) is 0 Å². The Balaban J connectivity index is 2.96. The van der Waals surface area contributed by atoms with Gasteiger partial charge < -0.3 is 0 Å². The molecule has 0 saturated heterocycles. The van der Waals surface area contributed by atoms with E-state index < -0.39 is 28.0 Å². The molecule has 0 heterocycles. The summed E-state index contributed by atoms with van der Waals surface area (Å²) in [5.74, 6) is 0. The minimum atomic E-state index is -4.42. The number of hydrogen-bond acceptors (Lipinski definition) is 3. The molecular formula is C10H10BrF3O3S. The van der Waals surface area contributed by atoms with Crippen molar-refractivity contribution < 1.29 is 25.8 Å². The molecular weight excluding hydrogens is 337 g/mol. The zero-order chi connectivity index (χ0) is 14.0. The van der Waals surface area contributed by atoms with Gasteiger partial charge in [-0.3, -0.25) is 4.18 Å². The van der Waals surface area contributed by atoms with Crippen LogP contribution in [0.15, 0.2) is 24.3 Å². The molecule has 0 aromatic heterocycles. The Hall–Kier alpha value is -0.600. The molecule has 1 aromatic carbocycles.